The number of ketones is 1. The molecule has 2 rings (SSSR count). The van der Waals surface area contributed by atoms with Crippen molar-refractivity contribution in [2.75, 3.05) is 0 Å². The highest BCUT2D eigenvalue weighted by atomic mass is 35.5. The standard InChI is InChI=1S/C22H16ClF3N2O5/c1-21(2,3)19(29)16(11-27)18(15-9-8-14(23)10-17(15)28(31)32)33-20(30)12-4-6-13(7-5-12)22(24,25)26/h4-10H,1-3H3/b18-16-. The first kappa shape index (κ1) is 25.5. The van der Waals surface area contributed by atoms with Crippen molar-refractivity contribution in [2.45, 2.75) is 26.9 Å². The van der Waals surface area contributed by atoms with Crippen molar-refractivity contribution in [3.8, 4) is 6.07 Å². The van der Waals surface area contributed by atoms with E-state index in [1.165, 1.54) is 26.8 Å². The van der Waals surface area contributed by atoms with E-state index in [4.69, 9.17) is 16.3 Å². The number of nitro groups is 1. The van der Waals surface area contributed by atoms with Crippen molar-refractivity contribution >= 4 is 34.8 Å². The molecular weight excluding hydrogens is 465 g/mol. The maximum atomic E-state index is 12.8. The molecule has 0 aromatic heterocycles. The number of esters is 1. The Morgan fingerprint density at radius 2 is 1.67 bits per heavy atom. The second kappa shape index (κ2) is 9.42. The number of nitrogens with zero attached hydrogens (tertiary/aromatic N) is 2. The number of ether oxygens (including phenoxy) is 1. The maximum absolute atomic E-state index is 12.8. The molecule has 0 aliphatic carbocycles. The van der Waals surface area contributed by atoms with Gasteiger partial charge in [0.2, 0.25) is 0 Å². The van der Waals surface area contributed by atoms with E-state index in [-0.39, 0.29) is 16.1 Å². The third kappa shape index (κ3) is 5.96. The predicted octanol–water partition coefficient (Wildman–Crippen LogP) is 5.97. The van der Waals surface area contributed by atoms with Crippen LogP contribution in [0.15, 0.2) is 48.0 Å². The summed E-state index contributed by atoms with van der Waals surface area (Å²) in [5.41, 5.74) is -4.17. The fraction of sp³-hybridized carbons (Fsp3) is 0.227. The summed E-state index contributed by atoms with van der Waals surface area (Å²) in [6.45, 7) is 4.45. The number of carbonyl (C=O) groups is 2. The van der Waals surface area contributed by atoms with Gasteiger partial charge in [0.05, 0.1) is 21.6 Å². The Bertz CT molecular complexity index is 1190. The fourth-order valence-electron chi connectivity index (χ4n) is 2.62. The minimum Gasteiger partial charge on any atom is -0.420 e. The van der Waals surface area contributed by atoms with Gasteiger partial charge in [-0.15, -0.1) is 0 Å². The summed E-state index contributed by atoms with van der Waals surface area (Å²) >= 11 is 5.82. The number of hydrogen-bond acceptors (Lipinski definition) is 6. The van der Waals surface area contributed by atoms with Crippen LogP contribution in [0.25, 0.3) is 5.76 Å². The molecule has 0 N–H and O–H groups in total. The van der Waals surface area contributed by atoms with Gasteiger partial charge in [0.1, 0.15) is 11.6 Å². The molecule has 2 aromatic rings. The quantitative estimate of drug-likeness (QED) is 0.130. The van der Waals surface area contributed by atoms with Crippen LogP contribution < -0.4 is 0 Å². The number of alkyl halides is 3. The Labute approximate surface area is 191 Å². The first-order chi connectivity index (χ1) is 15.2. The number of carbonyl (C=O) groups excluding carboxylic acids is 2. The minimum absolute atomic E-state index is 0.0282. The van der Waals surface area contributed by atoms with E-state index < -0.39 is 50.9 Å². The van der Waals surface area contributed by atoms with Crippen LogP contribution in [0, 0.1) is 26.9 Å². The maximum Gasteiger partial charge on any atom is 0.416 e. The minimum atomic E-state index is -4.63. The summed E-state index contributed by atoms with van der Waals surface area (Å²) in [5, 5.41) is 21.2. The predicted molar refractivity (Wildman–Crippen MR) is 112 cm³/mol. The van der Waals surface area contributed by atoms with Crippen LogP contribution in [0.4, 0.5) is 18.9 Å². The molecule has 0 aliphatic heterocycles. The summed E-state index contributed by atoms with van der Waals surface area (Å²) in [7, 11) is 0. The Morgan fingerprint density at radius 1 is 1.09 bits per heavy atom. The average Bonchev–Trinajstić information content (AvgIpc) is 2.72. The van der Waals surface area contributed by atoms with E-state index in [1.54, 1.807) is 6.07 Å². The zero-order valence-corrected chi connectivity index (χ0v) is 18.2. The smallest absolute Gasteiger partial charge is 0.416 e. The van der Waals surface area contributed by atoms with Crippen molar-refractivity contribution in [3.05, 3.63) is 79.9 Å². The van der Waals surface area contributed by atoms with E-state index in [1.807, 2.05) is 0 Å². The topological polar surface area (TPSA) is 110 Å². The normalized spacial score (nSPS) is 12.4. The molecule has 7 nitrogen and oxygen atoms in total. The molecule has 0 unspecified atom stereocenters. The molecule has 0 saturated carbocycles. The van der Waals surface area contributed by atoms with Gasteiger partial charge in [-0.25, -0.2) is 4.79 Å². The van der Waals surface area contributed by atoms with Crippen LogP contribution in [-0.2, 0) is 15.7 Å². The summed E-state index contributed by atoms with van der Waals surface area (Å²) in [6, 6.07) is 7.88. The van der Waals surface area contributed by atoms with Crippen molar-refractivity contribution in [3.63, 3.8) is 0 Å². The number of allylic oxidation sites excluding steroid dienone is 1. The van der Waals surface area contributed by atoms with Crippen LogP contribution in [0.1, 0.15) is 42.3 Å². The van der Waals surface area contributed by atoms with E-state index in [0.717, 1.165) is 24.3 Å². The summed E-state index contributed by atoms with van der Waals surface area (Å²) in [5.74, 6) is -2.70. The molecule has 0 amide bonds. The molecule has 0 saturated heterocycles. The van der Waals surface area contributed by atoms with Crippen molar-refractivity contribution < 1.29 is 32.4 Å². The van der Waals surface area contributed by atoms with Gasteiger partial charge >= 0.3 is 12.1 Å². The lowest BCUT2D eigenvalue weighted by Crippen LogP contribution is -2.23. The summed E-state index contributed by atoms with van der Waals surface area (Å²) in [6.07, 6.45) is -4.63. The van der Waals surface area contributed by atoms with Gasteiger partial charge in [0.15, 0.2) is 11.5 Å². The van der Waals surface area contributed by atoms with Gasteiger partial charge < -0.3 is 4.74 Å². The van der Waals surface area contributed by atoms with Crippen molar-refractivity contribution in [2.24, 2.45) is 5.41 Å². The molecule has 0 heterocycles. The van der Waals surface area contributed by atoms with Gasteiger partial charge in [-0.05, 0) is 36.4 Å². The number of nitriles is 1. The lowest BCUT2D eigenvalue weighted by Gasteiger charge is -2.18. The first-order valence-corrected chi connectivity index (χ1v) is 9.57. The second-order valence-electron chi connectivity index (χ2n) is 7.78. The van der Waals surface area contributed by atoms with Crippen LogP contribution in [0.3, 0.4) is 0 Å². The molecule has 0 atom stereocenters. The molecule has 0 bridgehead atoms. The first-order valence-electron chi connectivity index (χ1n) is 9.19. The van der Waals surface area contributed by atoms with Crippen LogP contribution in [0.5, 0.6) is 0 Å². The molecule has 0 fully saturated rings. The molecule has 33 heavy (non-hydrogen) atoms. The monoisotopic (exact) mass is 480 g/mol. The Balaban J connectivity index is 2.68. The van der Waals surface area contributed by atoms with Crippen LogP contribution in [0.2, 0.25) is 5.02 Å². The highest BCUT2D eigenvalue weighted by molar-refractivity contribution is 6.30. The summed E-state index contributed by atoms with van der Waals surface area (Å²) < 4.78 is 43.6. The third-order valence-electron chi connectivity index (χ3n) is 4.29. The average molecular weight is 481 g/mol. The van der Waals surface area contributed by atoms with Crippen molar-refractivity contribution in [1.82, 2.24) is 0 Å². The van der Waals surface area contributed by atoms with Gasteiger partial charge in [-0.3, -0.25) is 14.9 Å². The Kier molecular flexibility index (Phi) is 7.29. The number of benzene rings is 2. The zero-order valence-electron chi connectivity index (χ0n) is 17.5. The van der Waals surface area contributed by atoms with E-state index in [2.05, 4.69) is 0 Å². The highest BCUT2D eigenvalue weighted by Crippen LogP contribution is 2.35. The zero-order chi connectivity index (χ0) is 25.1. The molecule has 11 heteroatoms. The highest BCUT2D eigenvalue weighted by Gasteiger charge is 2.34. The van der Waals surface area contributed by atoms with Gasteiger partial charge in [0, 0.05) is 16.5 Å². The van der Waals surface area contributed by atoms with E-state index >= 15 is 0 Å². The molecule has 0 aliphatic rings. The molecule has 172 valence electrons. The second-order valence-corrected chi connectivity index (χ2v) is 8.21. The summed E-state index contributed by atoms with van der Waals surface area (Å²) in [4.78, 5) is 36.2. The molecule has 2 aromatic carbocycles. The molecule has 0 spiro atoms. The van der Waals surface area contributed by atoms with Gasteiger partial charge in [-0.1, -0.05) is 32.4 Å². The van der Waals surface area contributed by atoms with Gasteiger partial charge in [-0.2, -0.15) is 18.4 Å². The van der Waals surface area contributed by atoms with Crippen LogP contribution >= 0.6 is 11.6 Å². The third-order valence-corrected chi connectivity index (χ3v) is 4.53. The van der Waals surface area contributed by atoms with E-state index in [9.17, 15) is 38.1 Å². The number of hydrogen-bond donors (Lipinski definition) is 0. The molecular formula is C22H16ClF3N2O5. The van der Waals surface area contributed by atoms with E-state index in [0.29, 0.717) is 12.1 Å². The van der Waals surface area contributed by atoms with Crippen LogP contribution in [-0.4, -0.2) is 16.7 Å². The van der Waals surface area contributed by atoms with Gasteiger partial charge in [0.25, 0.3) is 5.69 Å². The number of nitro benzene ring substituents is 1. The lowest BCUT2D eigenvalue weighted by molar-refractivity contribution is -0.385. The number of halogens is 4. The molecule has 0 radical (unpaired) electrons. The number of rotatable bonds is 5. The van der Waals surface area contributed by atoms with Crippen molar-refractivity contribution in [1.29, 1.82) is 5.26 Å². The number of Topliss-reactive ketones (excluding diaryl/α,β-unsaturated/α-hetero) is 1. The SMILES string of the molecule is CC(C)(C)C(=O)/C(C#N)=C(\OC(=O)c1ccc(C(F)(F)F)cc1)c1ccc(Cl)cc1[N+](=O)[O-]. The Hall–Kier alpha value is -3.71. The largest absolute Gasteiger partial charge is 0.420 e. The Morgan fingerprint density at radius 3 is 2.12 bits per heavy atom. The fourth-order valence-corrected chi connectivity index (χ4v) is 2.78. The lowest BCUT2D eigenvalue weighted by atomic mass is 9.85.